The average molecular weight is 340 g/mol. The van der Waals surface area contributed by atoms with Gasteiger partial charge in [0.05, 0.1) is 11.3 Å². The van der Waals surface area contributed by atoms with Crippen LogP contribution in [0.3, 0.4) is 0 Å². The van der Waals surface area contributed by atoms with Gasteiger partial charge in [0.25, 0.3) is 5.91 Å². The molecule has 1 fully saturated rings. The second-order valence-electron chi connectivity index (χ2n) is 7.28. The number of ether oxygens (including phenoxy) is 1. The van der Waals surface area contributed by atoms with E-state index in [-0.39, 0.29) is 12.5 Å². The van der Waals surface area contributed by atoms with Gasteiger partial charge in [-0.1, -0.05) is 19.9 Å². The molecule has 6 heteroatoms. The Labute approximate surface area is 145 Å². The van der Waals surface area contributed by atoms with E-state index in [1.807, 2.05) is 0 Å². The topological polar surface area (TPSA) is 75.7 Å². The number of piperidine rings is 1. The van der Waals surface area contributed by atoms with Gasteiger partial charge in [0.1, 0.15) is 11.4 Å². The standard InChI is InChI=1S/C19H20N2O4/c1-10-5-11(2)8-21(7-10)17-16(18(23)19(17)24)12-3-4-13-14(6-12)25-9-15(22)20-13/h3-4,6,10-11H,5,7-9H2,1-2H3,(H,20,22). The molecule has 2 heterocycles. The van der Waals surface area contributed by atoms with E-state index < -0.39 is 10.9 Å². The summed E-state index contributed by atoms with van der Waals surface area (Å²) in [4.78, 5) is 37.9. The van der Waals surface area contributed by atoms with Crippen molar-refractivity contribution in [1.29, 1.82) is 0 Å². The lowest BCUT2D eigenvalue weighted by Gasteiger charge is -2.37. The number of fused-ring (bicyclic) bond motifs is 1. The van der Waals surface area contributed by atoms with E-state index in [1.165, 1.54) is 0 Å². The van der Waals surface area contributed by atoms with E-state index in [4.69, 9.17) is 4.74 Å². The molecule has 0 aliphatic carbocycles. The maximum absolute atomic E-state index is 12.3. The predicted octanol–water partition coefficient (Wildman–Crippen LogP) is 1.76. The molecule has 2 aliphatic rings. The summed E-state index contributed by atoms with van der Waals surface area (Å²) in [6, 6.07) is 5.19. The first kappa shape index (κ1) is 15.9. The van der Waals surface area contributed by atoms with Crippen LogP contribution >= 0.6 is 0 Å². The van der Waals surface area contributed by atoms with Crippen LogP contribution in [0.2, 0.25) is 0 Å². The van der Waals surface area contributed by atoms with Gasteiger partial charge < -0.3 is 15.0 Å². The number of carbonyl (C=O) groups is 1. The van der Waals surface area contributed by atoms with Gasteiger partial charge in [-0.25, -0.2) is 0 Å². The molecule has 2 atom stereocenters. The fourth-order valence-corrected chi connectivity index (χ4v) is 4.02. The van der Waals surface area contributed by atoms with Crippen molar-refractivity contribution in [2.75, 3.05) is 29.9 Å². The molecule has 0 aromatic heterocycles. The zero-order valence-electron chi connectivity index (χ0n) is 14.3. The van der Waals surface area contributed by atoms with Crippen LogP contribution < -0.4 is 25.8 Å². The Bertz CT molecular complexity index is 916. The average Bonchev–Trinajstić information content (AvgIpc) is 2.57. The van der Waals surface area contributed by atoms with Crippen LogP contribution in [0.1, 0.15) is 20.3 Å². The number of nitrogens with zero attached hydrogens (tertiary/aromatic N) is 1. The van der Waals surface area contributed by atoms with Crippen molar-refractivity contribution in [3.63, 3.8) is 0 Å². The monoisotopic (exact) mass is 340 g/mol. The lowest BCUT2D eigenvalue weighted by Crippen LogP contribution is -2.47. The Morgan fingerprint density at radius 1 is 1.08 bits per heavy atom. The normalized spacial score (nSPS) is 23.1. The number of hydrogen-bond donors (Lipinski definition) is 1. The first-order valence-corrected chi connectivity index (χ1v) is 8.59. The Kier molecular flexibility index (Phi) is 3.63. The summed E-state index contributed by atoms with van der Waals surface area (Å²) in [6.45, 7) is 5.88. The maximum atomic E-state index is 12.3. The molecule has 2 aliphatic heterocycles. The van der Waals surface area contributed by atoms with Gasteiger partial charge in [-0.3, -0.25) is 14.4 Å². The van der Waals surface area contributed by atoms with Crippen molar-refractivity contribution >= 4 is 17.3 Å². The quantitative estimate of drug-likeness (QED) is 0.843. The number of nitrogens with one attached hydrogen (secondary N) is 1. The van der Waals surface area contributed by atoms with Crippen LogP contribution in [-0.2, 0) is 4.79 Å². The lowest BCUT2D eigenvalue weighted by molar-refractivity contribution is -0.118. The smallest absolute Gasteiger partial charge is 0.262 e. The molecular formula is C19H20N2O4. The van der Waals surface area contributed by atoms with Crippen molar-refractivity contribution in [2.45, 2.75) is 20.3 Å². The molecule has 1 amide bonds. The maximum Gasteiger partial charge on any atom is 0.262 e. The van der Waals surface area contributed by atoms with Crippen LogP contribution in [-0.4, -0.2) is 25.6 Å². The first-order valence-electron chi connectivity index (χ1n) is 8.59. The van der Waals surface area contributed by atoms with Crippen molar-refractivity contribution < 1.29 is 9.53 Å². The molecule has 4 rings (SSSR count). The van der Waals surface area contributed by atoms with Crippen molar-refractivity contribution in [2.24, 2.45) is 11.8 Å². The van der Waals surface area contributed by atoms with E-state index >= 15 is 0 Å². The SMILES string of the molecule is CC1CC(C)CN(c2c(-c3ccc4c(c3)OCC(=O)N4)c(=O)c2=O)C1. The predicted molar refractivity (Wildman–Crippen MR) is 96.1 cm³/mol. The molecule has 0 radical (unpaired) electrons. The van der Waals surface area contributed by atoms with Crippen LogP contribution in [0, 0.1) is 11.8 Å². The summed E-state index contributed by atoms with van der Waals surface area (Å²) in [6.07, 6.45) is 1.13. The van der Waals surface area contributed by atoms with E-state index in [2.05, 4.69) is 24.1 Å². The molecule has 1 N–H and O–H groups in total. The summed E-state index contributed by atoms with van der Waals surface area (Å²) in [5.74, 6) is 1.30. The van der Waals surface area contributed by atoms with E-state index in [9.17, 15) is 14.4 Å². The van der Waals surface area contributed by atoms with Crippen molar-refractivity contribution in [3.8, 4) is 16.9 Å². The fourth-order valence-electron chi connectivity index (χ4n) is 4.02. The highest BCUT2D eigenvalue weighted by molar-refractivity contribution is 5.96. The molecule has 0 bridgehead atoms. The van der Waals surface area contributed by atoms with Gasteiger partial charge in [-0.05, 0) is 36.0 Å². The van der Waals surface area contributed by atoms with Gasteiger partial charge in [0, 0.05) is 13.1 Å². The minimum absolute atomic E-state index is 0.0452. The molecule has 1 saturated heterocycles. The van der Waals surface area contributed by atoms with Gasteiger partial charge in [-0.15, -0.1) is 0 Å². The number of benzene rings is 1. The molecule has 2 unspecified atom stereocenters. The highest BCUT2D eigenvalue weighted by Crippen LogP contribution is 2.36. The van der Waals surface area contributed by atoms with Gasteiger partial charge >= 0.3 is 0 Å². The minimum atomic E-state index is -0.444. The summed E-state index contributed by atoms with van der Waals surface area (Å²) in [7, 11) is 0. The molecule has 130 valence electrons. The third-order valence-corrected chi connectivity index (χ3v) is 4.97. The van der Waals surface area contributed by atoms with Gasteiger partial charge in [-0.2, -0.15) is 0 Å². The Balaban J connectivity index is 1.73. The van der Waals surface area contributed by atoms with E-state index in [0.29, 0.717) is 40.1 Å². The fraction of sp³-hybridized carbons (Fsp3) is 0.421. The van der Waals surface area contributed by atoms with Gasteiger partial charge in [0.2, 0.25) is 10.9 Å². The second kappa shape index (κ2) is 5.72. The Morgan fingerprint density at radius 3 is 2.52 bits per heavy atom. The molecule has 2 aromatic carbocycles. The highest BCUT2D eigenvalue weighted by atomic mass is 16.5. The number of carbonyl (C=O) groups excluding carboxylic acids is 1. The van der Waals surface area contributed by atoms with Crippen molar-refractivity contribution in [1.82, 2.24) is 0 Å². The summed E-state index contributed by atoms with van der Waals surface area (Å²) in [5.41, 5.74) is 1.41. The molecule has 2 aromatic rings. The van der Waals surface area contributed by atoms with Crippen LogP contribution in [0.15, 0.2) is 27.8 Å². The van der Waals surface area contributed by atoms with E-state index in [0.717, 1.165) is 19.5 Å². The van der Waals surface area contributed by atoms with E-state index in [1.54, 1.807) is 18.2 Å². The minimum Gasteiger partial charge on any atom is -0.482 e. The number of amides is 1. The summed E-state index contributed by atoms with van der Waals surface area (Å²) < 4.78 is 5.43. The summed E-state index contributed by atoms with van der Waals surface area (Å²) >= 11 is 0. The Morgan fingerprint density at radius 2 is 1.80 bits per heavy atom. The zero-order chi connectivity index (χ0) is 17.7. The van der Waals surface area contributed by atoms with Crippen LogP contribution in [0.5, 0.6) is 5.75 Å². The van der Waals surface area contributed by atoms with Crippen LogP contribution in [0.4, 0.5) is 11.4 Å². The number of hydrogen-bond acceptors (Lipinski definition) is 5. The molecule has 25 heavy (non-hydrogen) atoms. The molecular weight excluding hydrogens is 320 g/mol. The molecule has 0 spiro atoms. The number of rotatable bonds is 2. The first-order chi connectivity index (χ1) is 11.9. The third-order valence-electron chi connectivity index (χ3n) is 4.97. The molecule has 6 nitrogen and oxygen atoms in total. The second-order valence-corrected chi connectivity index (χ2v) is 7.28. The third kappa shape index (κ3) is 2.62. The highest BCUT2D eigenvalue weighted by Gasteiger charge is 2.32. The van der Waals surface area contributed by atoms with Crippen LogP contribution in [0.25, 0.3) is 11.1 Å². The van der Waals surface area contributed by atoms with Gasteiger partial charge in [0.15, 0.2) is 6.61 Å². The van der Waals surface area contributed by atoms with Crippen molar-refractivity contribution in [3.05, 3.63) is 38.6 Å². The largest absolute Gasteiger partial charge is 0.482 e. The zero-order valence-corrected chi connectivity index (χ0v) is 14.3. The summed E-state index contributed by atoms with van der Waals surface area (Å²) in [5, 5.41) is 2.73. The lowest BCUT2D eigenvalue weighted by atomic mass is 9.89. The number of anilines is 2. The molecule has 0 saturated carbocycles. The Hall–Kier alpha value is -2.63.